The average molecular weight is 245 g/mol. The lowest BCUT2D eigenvalue weighted by atomic mass is 9.94. The van der Waals surface area contributed by atoms with E-state index in [0.29, 0.717) is 18.9 Å². The maximum atomic E-state index is 10.1. The molecule has 0 aromatic carbocycles. The molecule has 2 unspecified atom stereocenters. The second-order valence-electron chi connectivity index (χ2n) is 5.38. The predicted octanol–water partition coefficient (Wildman–Crippen LogP) is 1.29. The van der Waals surface area contributed by atoms with Crippen LogP contribution in [0.5, 0.6) is 0 Å². The Morgan fingerprint density at radius 3 is 2.47 bits per heavy atom. The quantitative estimate of drug-likeness (QED) is 0.224. The first kappa shape index (κ1) is 16.2. The molecule has 0 bridgehead atoms. The summed E-state index contributed by atoms with van der Waals surface area (Å²) in [5.41, 5.74) is 4.75. The minimum Gasteiger partial charge on any atom is -0.409 e. The molecule has 2 atom stereocenters. The van der Waals surface area contributed by atoms with E-state index in [4.69, 9.17) is 10.9 Å². The van der Waals surface area contributed by atoms with Crippen molar-refractivity contribution >= 4 is 5.84 Å². The second-order valence-corrected chi connectivity index (χ2v) is 5.38. The molecule has 0 aromatic heterocycles. The van der Waals surface area contributed by atoms with Crippen LogP contribution in [0.2, 0.25) is 0 Å². The third kappa shape index (κ3) is 7.99. The first-order chi connectivity index (χ1) is 7.80. The van der Waals surface area contributed by atoms with Crippen LogP contribution < -0.4 is 11.1 Å². The van der Waals surface area contributed by atoms with Gasteiger partial charge in [0.15, 0.2) is 0 Å². The van der Waals surface area contributed by atoms with Crippen molar-refractivity contribution in [2.75, 3.05) is 6.54 Å². The highest BCUT2D eigenvalue weighted by atomic mass is 16.4. The van der Waals surface area contributed by atoms with Crippen LogP contribution >= 0.6 is 0 Å². The molecular weight excluding hydrogens is 218 g/mol. The molecular formula is C12H27N3O2. The van der Waals surface area contributed by atoms with Gasteiger partial charge in [0.05, 0.1) is 5.60 Å². The summed E-state index contributed by atoms with van der Waals surface area (Å²) < 4.78 is 0. The summed E-state index contributed by atoms with van der Waals surface area (Å²) in [5, 5.41) is 24.9. The van der Waals surface area contributed by atoms with Crippen LogP contribution in [-0.2, 0) is 0 Å². The van der Waals surface area contributed by atoms with E-state index >= 15 is 0 Å². The molecule has 0 aliphatic carbocycles. The van der Waals surface area contributed by atoms with Gasteiger partial charge in [-0.15, -0.1) is 0 Å². The van der Waals surface area contributed by atoms with Crippen molar-refractivity contribution in [1.82, 2.24) is 5.32 Å². The molecule has 0 rings (SSSR count). The monoisotopic (exact) mass is 245 g/mol. The van der Waals surface area contributed by atoms with Crippen molar-refractivity contribution in [2.45, 2.75) is 58.6 Å². The Balaban J connectivity index is 4.13. The smallest absolute Gasteiger partial charge is 0.140 e. The maximum absolute atomic E-state index is 10.1. The third-order valence-corrected chi connectivity index (χ3v) is 2.70. The molecule has 102 valence electrons. The molecule has 0 aliphatic rings. The van der Waals surface area contributed by atoms with Crippen molar-refractivity contribution < 1.29 is 10.3 Å². The molecule has 0 amide bonds. The molecule has 5 heteroatoms. The SMILES string of the molecule is CCC(CC(N)=NO)NCC(C)(O)CC(C)C. The molecule has 0 saturated carbocycles. The number of aliphatic hydroxyl groups is 1. The molecule has 5 nitrogen and oxygen atoms in total. The van der Waals surface area contributed by atoms with E-state index in [9.17, 15) is 5.11 Å². The van der Waals surface area contributed by atoms with Crippen LogP contribution in [0.15, 0.2) is 5.16 Å². The molecule has 0 spiro atoms. The van der Waals surface area contributed by atoms with Gasteiger partial charge >= 0.3 is 0 Å². The van der Waals surface area contributed by atoms with E-state index in [1.165, 1.54) is 0 Å². The average Bonchev–Trinajstić information content (AvgIpc) is 2.21. The van der Waals surface area contributed by atoms with Crippen molar-refractivity contribution in [3.63, 3.8) is 0 Å². The highest BCUT2D eigenvalue weighted by Crippen LogP contribution is 2.15. The number of nitrogens with two attached hydrogens (primary N) is 1. The fourth-order valence-corrected chi connectivity index (χ4v) is 1.97. The van der Waals surface area contributed by atoms with Gasteiger partial charge in [0.1, 0.15) is 5.84 Å². The molecule has 5 N–H and O–H groups in total. The number of oxime groups is 1. The molecule has 0 aliphatic heterocycles. The lowest BCUT2D eigenvalue weighted by Gasteiger charge is -2.28. The van der Waals surface area contributed by atoms with Crippen LogP contribution in [0.25, 0.3) is 0 Å². The molecule has 0 fully saturated rings. The summed E-state index contributed by atoms with van der Waals surface area (Å²) in [5.74, 6) is 0.670. The number of hydrogen-bond acceptors (Lipinski definition) is 4. The van der Waals surface area contributed by atoms with E-state index in [1.54, 1.807) is 0 Å². The van der Waals surface area contributed by atoms with Crippen LogP contribution in [-0.4, -0.2) is 34.3 Å². The normalized spacial score (nSPS) is 18.1. The Morgan fingerprint density at radius 1 is 1.47 bits per heavy atom. The Bertz CT molecular complexity index is 240. The number of nitrogens with one attached hydrogen (secondary N) is 1. The van der Waals surface area contributed by atoms with Gasteiger partial charge in [-0.25, -0.2) is 0 Å². The molecule has 17 heavy (non-hydrogen) atoms. The Hall–Kier alpha value is -0.810. The van der Waals surface area contributed by atoms with Crippen LogP contribution in [0.3, 0.4) is 0 Å². The second kappa shape index (κ2) is 7.50. The van der Waals surface area contributed by atoms with Gasteiger partial charge < -0.3 is 21.4 Å². The zero-order valence-electron chi connectivity index (χ0n) is 11.4. The Kier molecular flexibility index (Phi) is 7.15. The largest absolute Gasteiger partial charge is 0.409 e. The summed E-state index contributed by atoms with van der Waals surface area (Å²) in [6.45, 7) is 8.54. The van der Waals surface area contributed by atoms with Crippen molar-refractivity contribution in [2.24, 2.45) is 16.8 Å². The van der Waals surface area contributed by atoms with Crippen LogP contribution in [0.1, 0.15) is 47.0 Å². The van der Waals surface area contributed by atoms with Gasteiger partial charge in [-0.3, -0.25) is 0 Å². The first-order valence-electron chi connectivity index (χ1n) is 6.23. The van der Waals surface area contributed by atoms with Crippen molar-refractivity contribution in [3.8, 4) is 0 Å². The number of amidine groups is 1. The minimum absolute atomic E-state index is 0.129. The fourth-order valence-electron chi connectivity index (χ4n) is 1.97. The van der Waals surface area contributed by atoms with E-state index < -0.39 is 5.60 Å². The van der Waals surface area contributed by atoms with Crippen molar-refractivity contribution in [3.05, 3.63) is 0 Å². The fraction of sp³-hybridized carbons (Fsp3) is 0.917. The Labute approximate surface area is 104 Å². The highest BCUT2D eigenvalue weighted by Gasteiger charge is 2.22. The van der Waals surface area contributed by atoms with Crippen LogP contribution in [0.4, 0.5) is 0 Å². The van der Waals surface area contributed by atoms with Gasteiger partial charge in [0.2, 0.25) is 0 Å². The topological polar surface area (TPSA) is 90.9 Å². The first-order valence-corrected chi connectivity index (χ1v) is 6.23. The highest BCUT2D eigenvalue weighted by molar-refractivity contribution is 5.80. The maximum Gasteiger partial charge on any atom is 0.140 e. The van der Waals surface area contributed by atoms with Gasteiger partial charge in [-0.05, 0) is 25.7 Å². The van der Waals surface area contributed by atoms with E-state index in [-0.39, 0.29) is 11.9 Å². The molecule has 0 heterocycles. The summed E-state index contributed by atoms with van der Waals surface area (Å²) in [6, 6.07) is 0.129. The molecule has 0 saturated heterocycles. The van der Waals surface area contributed by atoms with E-state index in [0.717, 1.165) is 12.8 Å². The van der Waals surface area contributed by atoms with Gasteiger partial charge in [0.25, 0.3) is 0 Å². The zero-order valence-corrected chi connectivity index (χ0v) is 11.4. The molecule has 0 radical (unpaired) electrons. The lowest BCUT2D eigenvalue weighted by molar-refractivity contribution is 0.0359. The van der Waals surface area contributed by atoms with Crippen molar-refractivity contribution in [1.29, 1.82) is 0 Å². The van der Waals surface area contributed by atoms with Crippen LogP contribution in [0, 0.1) is 5.92 Å². The third-order valence-electron chi connectivity index (χ3n) is 2.70. The number of nitrogens with zero attached hydrogens (tertiary/aromatic N) is 1. The summed E-state index contributed by atoms with van der Waals surface area (Å²) in [6.07, 6.45) is 2.11. The van der Waals surface area contributed by atoms with Gasteiger partial charge in [0, 0.05) is 19.0 Å². The minimum atomic E-state index is -0.716. The van der Waals surface area contributed by atoms with Gasteiger partial charge in [-0.1, -0.05) is 25.9 Å². The van der Waals surface area contributed by atoms with Gasteiger partial charge in [-0.2, -0.15) is 0 Å². The molecule has 0 aromatic rings. The zero-order chi connectivity index (χ0) is 13.5. The summed E-state index contributed by atoms with van der Waals surface area (Å²) in [4.78, 5) is 0. The lowest BCUT2D eigenvalue weighted by Crippen LogP contribution is -2.44. The summed E-state index contributed by atoms with van der Waals surface area (Å²) in [7, 11) is 0. The Morgan fingerprint density at radius 2 is 2.06 bits per heavy atom. The number of hydrogen-bond donors (Lipinski definition) is 4. The van der Waals surface area contributed by atoms with E-state index in [1.807, 2.05) is 13.8 Å². The standard InChI is InChI=1S/C12H27N3O2/c1-5-10(6-11(13)15-17)14-8-12(4,16)7-9(2)3/h9-10,14,16-17H,5-8H2,1-4H3,(H2,13,15). The van der Waals surface area contributed by atoms with E-state index in [2.05, 4.69) is 24.3 Å². The predicted molar refractivity (Wildman–Crippen MR) is 70.2 cm³/mol. The number of rotatable bonds is 8. The summed E-state index contributed by atoms with van der Waals surface area (Å²) >= 11 is 0.